The summed E-state index contributed by atoms with van der Waals surface area (Å²) in [6.45, 7) is 3.29. The van der Waals surface area contributed by atoms with Crippen LogP contribution in [0.15, 0.2) is 39.6 Å². The first kappa shape index (κ1) is 16.2. The molecule has 3 rings (SSSR count). The molecule has 23 heavy (non-hydrogen) atoms. The lowest BCUT2D eigenvalue weighted by Gasteiger charge is -2.23. The topological polar surface area (TPSA) is 70.8 Å². The van der Waals surface area contributed by atoms with Crippen molar-refractivity contribution in [1.82, 2.24) is 4.31 Å². The summed E-state index contributed by atoms with van der Waals surface area (Å²) in [7, 11) is -3.80. The summed E-state index contributed by atoms with van der Waals surface area (Å²) in [4.78, 5) is 0.108. The molecule has 0 aliphatic carbocycles. The van der Waals surface area contributed by atoms with Gasteiger partial charge in [0.25, 0.3) is 0 Å². The number of hydrogen-bond donors (Lipinski definition) is 1. The van der Waals surface area contributed by atoms with Crippen molar-refractivity contribution in [1.29, 1.82) is 0 Å². The number of aryl methyl sites for hydroxylation is 2. The second-order valence-electron chi connectivity index (χ2n) is 5.81. The normalized spacial score (nSPS) is 22.6. The number of nitrogens with zero attached hydrogens (tertiary/aromatic N) is 1. The predicted molar refractivity (Wildman–Crippen MR) is 81.8 cm³/mol. The van der Waals surface area contributed by atoms with E-state index in [1.165, 1.54) is 22.5 Å². The summed E-state index contributed by atoms with van der Waals surface area (Å²) in [5.41, 5.74) is 0.657. The van der Waals surface area contributed by atoms with E-state index >= 15 is 0 Å². The fraction of sp³-hybridized carbons (Fsp3) is 0.375. The molecule has 2 atom stereocenters. The minimum Gasteiger partial charge on any atom is -0.465 e. The highest BCUT2D eigenvalue weighted by Gasteiger charge is 2.41. The van der Waals surface area contributed by atoms with Crippen molar-refractivity contribution < 1.29 is 22.3 Å². The standard InChI is InChI=1S/C16H18FNO4S/c1-10-7-16(11(2)22-10)23(20,21)18-9-14(19)8-15(18)12-3-5-13(17)6-4-12/h3-7,14-15,19H,8-9H2,1-2H3/t14-,15-/m0/s1. The Morgan fingerprint density at radius 1 is 1.26 bits per heavy atom. The van der Waals surface area contributed by atoms with Gasteiger partial charge >= 0.3 is 0 Å². The van der Waals surface area contributed by atoms with Gasteiger partial charge in [-0.15, -0.1) is 0 Å². The lowest BCUT2D eigenvalue weighted by atomic mass is 10.0. The third-order valence-electron chi connectivity index (χ3n) is 4.07. The van der Waals surface area contributed by atoms with Crippen LogP contribution in [0.4, 0.5) is 4.39 Å². The van der Waals surface area contributed by atoms with Crippen molar-refractivity contribution in [3.63, 3.8) is 0 Å². The Hall–Kier alpha value is -1.70. The fourth-order valence-corrected chi connectivity index (χ4v) is 4.91. The first-order valence-electron chi connectivity index (χ1n) is 7.31. The van der Waals surface area contributed by atoms with Crippen LogP contribution in [0.3, 0.4) is 0 Å². The molecular formula is C16H18FNO4S. The van der Waals surface area contributed by atoms with Gasteiger partial charge in [-0.25, -0.2) is 12.8 Å². The van der Waals surface area contributed by atoms with Crippen LogP contribution < -0.4 is 0 Å². The van der Waals surface area contributed by atoms with Crippen LogP contribution in [0.1, 0.15) is 29.5 Å². The maximum atomic E-state index is 13.1. The largest absolute Gasteiger partial charge is 0.465 e. The van der Waals surface area contributed by atoms with Gasteiger partial charge in [0.2, 0.25) is 10.0 Å². The Morgan fingerprint density at radius 2 is 1.91 bits per heavy atom. The van der Waals surface area contributed by atoms with Crippen LogP contribution in [0, 0.1) is 19.7 Å². The molecule has 1 aliphatic heterocycles. The average molecular weight is 339 g/mol. The minimum absolute atomic E-state index is 0.00798. The van der Waals surface area contributed by atoms with Gasteiger partial charge in [0.15, 0.2) is 0 Å². The summed E-state index contributed by atoms with van der Waals surface area (Å²) in [6, 6.07) is 6.64. The quantitative estimate of drug-likeness (QED) is 0.933. The molecule has 0 unspecified atom stereocenters. The van der Waals surface area contributed by atoms with Crippen LogP contribution in [0.5, 0.6) is 0 Å². The number of β-amino-alcohol motifs (C(OH)–C–C–N with tert-alkyl or cyclic N) is 1. The van der Waals surface area contributed by atoms with Gasteiger partial charge in [-0.1, -0.05) is 12.1 Å². The summed E-state index contributed by atoms with van der Waals surface area (Å²) >= 11 is 0. The maximum absolute atomic E-state index is 13.1. The minimum atomic E-state index is -3.80. The van der Waals surface area contributed by atoms with E-state index < -0.39 is 22.2 Å². The van der Waals surface area contributed by atoms with Gasteiger partial charge in [-0.05, 0) is 44.0 Å². The number of sulfonamides is 1. The van der Waals surface area contributed by atoms with Crippen molar-refractivity contribution in [2.75, 3.05) is 6.54 Å². The van der Waals surface area contributed by atoms with Crippen molar-refractivity contribution in [3.05, 3.63) is 53.2 Å². The predicted octanol–water partition coefficient (Wildman–Crippen LogP) is 2.53. The monoisotopic (exact) mass is 339 g/mol. The molecule has 0 bridgehead atoms. The number of benzene rings is 1. The molecule has 2 aromatic rings. The second-order valence-corrected chi connectivity index (χ2v) is 7.67. The molecule has 0 spiro atoms. The van der Waals surface area contributed by atoms with Gasteiger partial charge in [0, 0.05) is 6.54 Å². The number of aliphatic hydroxyl groups excluding tert-OH is 1. The highest BCUT2D eigenvalue weighted by Crippen LogP contribution is 2.38. The Morgan fingerprint density at radius 3 is 2.48 bits per heavy atom. The van der Waals surface area contributed by atoms with Crippen molar-refractivity contribution in [3.8, 4) is 0 Å². The van der Waals surface area contributed by atoms with E-state index in [1.807, 2.05) is 0 Å². The summed E-state index contributed by atoms with van der Waals surface area (Å²) < 4.78 is 45.6. The molecule has 7 heteroatoms. The van der Waals surface area contributed by atoms with E-state index in [1.54, 1.807) is 26.0 Å². The number of hydrogen-bond acceptors (Lipinski definition) is 4. The number of aliphatic hydroxyl groups is 1. The van der Waals surface area contributed by atoms with Crippen LogP contribution in [0.2, 0.25) is 0 Å². The Bertz CT molecular complexity index is 813. The molecule has 1 saturated heterocycles. The highest BCUT2D eigenvalue weighted by atomic mass is 32.2. The SMILES string of the molecule is Cc1cc(S(=O)(=O)N2C[C@@H](O)C[C@H]2c2ccc(F)cc2)c(C)o1. The molecule has 1 aliphatic rings. The van der Waals surface area contributed by atoms with Crippen LogP contribution in [-0.2, 0) is 10.0 Å². The van der Waals surface area contributed by atoms with E-state index in [4.69, 9.17) is 4.42 Å². The Labute approximate surface area is 134 Å². The lowest BCUT2D eigenvalue weighted by Crippen LogP contribution is -2.32. The summed E-state index contributed by atoms with van der Waals surface area (Å²) in [5.74, 6) is 0.448. The third-order valence-corrected chi connectivity index (χ3v) is 6.05. The van der Waals surface area contributed by atoms with Crippen molar-refractivity contribution in [2.45, 2.75) is 37.3 Å². The zero-order valence-electron chi connectivity index (χ0n) is 12.9. The smallest absolute Gasteiger partial charge is 0.247 e. The zero-order valence-corrected chi connectivity index (χ0v) is 13.7. The summed E-state index contributed by atoms with van der Waals surface area (Å²) in [6.07, 6.45) is -0.478. The first-order valence-corrected chi connectivity index (χ1v) is 8.75. The molecule has 0 radical (unpaired) electrons. The molecule has 1 N–H and O–H groups in total. The van der Waals surface area contributed by atoms with E-state index in [0.29, 0.717) is 17.1 Å². The van der Waals surface area contributed by atoms with E-state index in [9.17, 15) is 17.9 Å². The van der Waals surface area contributed by atoms with Crippen LogP contribution in [-0.4, -0.2) is 30.5 Å². The van der Waals surface area contributed by atoms with Gasteiger partial charge < -0.3 is 9.52 Å². The molecule has 5 nitrogen and oxygen atoms in total. The zero-order chi connectivity index (χ0) is 16.8. The number of rotatable bonds is 3. The fourth-order valence-electron chi connectivity index (χ4n) is 3.03. The highest BCUT2D eigenvalue weighted by molar-refractivity contribution is 7.89. The number of furan rings is 1. The molecule has 0 saturated carbocycles. The summed E-state index contributed by atoms with van der Waals surface area (Å²) in [5, 5.41) is 9.97. The van der Waals surface area contributed by atoms with Crippen LogP contribution in [0.25, 0.3) is 0 Å². The maximum Gasteiger partial charge on any atom is 0.247 e. The second kappa shape index (κ2) is 5.74. The van der Waals surface area contributed by atoms with E-state index in [2.05, 4.69) is 0 Å². The van der Waals surface area contributed by atoms with E-state index in [0.717, 1.165) is 0 Å². The Balaban J connectivity index is 2.02. The molecule has 2 heterocycles. The van der Waals surface area contributed by atoms with Crippen molar-refractivity contribution >= 4 is 10.0 Å². The third kappa shape index (κ3) is 2.91. The van der Waals surface area contributed by atoms with Gasteiger partial charge in [-0.2, -0.15) is 4.31 Å². The van der Waals surface area contributed by atoms with Gasteiger partial charge in [0.05, 0.1) is 12.1 Å². The van der Waals surface area contributed by atoms with Crippen LogP contribution >= 0.6 is 0 Å². The van der Waals surface area contributed by atoms with E-state index in [-0.39, 0.29) is 23.7 Å². The Kier molecular flexibility index (Phi) is 4.03. The molecule has 0 amide bonds. The molecule has 124 valence electrons. The molecule has 1 aromatic carbocycles. The number of halogens is 1. The van der Waals surface area contributed by atoms with Gasteiger partial charge in [-0.3, -0.25) is 0 Å². The lowest BCUT2D eigenvalue weighted by molar-refractivity contribution is 0.188. The first-order chi connectivity index (χ1) is 10.8. The molecule has 1 fully saturated rings. The van der Waals surface area contributed by atoms with Crippen molar-refractivity contribution in [2.24, 2.45) is 0 Å². The molecule has 1 aromatic heterocycles. The van der Waals surface area contributed by atoms with Gasteiger partial charge in [0.1, 0.15) is 22.2 Å². The molecular weight excluding hydrogens is 321 g/mol. The average Bonchev–Trinajstić information content (AvgIpc) is 3.03.